The molecule has 1 fully saturated rings. The van der Waals surface area contributed by atoms with Gasteiger partial charge < -0.3 is 9.80 Å². The molecule has 3 heteroatoms. The Balaban J connectivity index is 2.10. The highest BCUT2D eigenvalue weighted by atomic mass is 16.2. The van der Waals surface area contributed by atoms with Gasteiger partial charge in [-0.15, -0.1) is 6.58 Å². The standard InChI is InChI=1S/C16H24N2O/c1-5-10-17-14(19)11-18-13-9-7-6-8-12(13)15(2,3)16(17,18)4/h5H,1,6-11H2,2-4H3. The number of hydrogen-bond acceptors (Lipinski definition) is 2. The SMILES string of the molecule is C=CCN1C(=O)CN2C3=C(CCCC3)C(C)(C)C12C. The first-order valence-corrected chi connectivity index (χ1v) is 7.36. The molecule has 19 heavy (non-hydrogen) atoms. The van der Waals surface area contributed by atoms with E-state index in [9.17, 15) is 4.79 Å². The molecule has 2 aliphatic heterocycles. The second kappa shape index (κ2) is 3.87. The maximum Gasteiger partial charge on any atom is 0.244 e. The Labute approximate surface area is 115 Å². The minimum absolute atomic E-state index is 0.0396. The molecule has 0 aromatic heterocycles. The van der Waals surface area contributed by atoms with E-state index < -0.39 is 0 Å². The van der Waals surface area contributed by atoms with Crippen LogP contribution < -0.4 is 0 Å². The van der Waals surface area contributed by atoms with Crippen LogP contribution in [-0.2, 0) is 4.79 Å². The molecule has 1 saturated heterocycles. The molecule has 0 radical (unpaired) electrons. The summed E-state index contributed by atoms with van der Waals surface area (Å²) in [5.41, 5.74) is 2.88. The van der Waals surface area contributed by atoms with Gasteiger partial charge in [-0.2, -0.15) is 0 Å². The number of amides is 1. The number of allylic oxidation sites excluding steroid dienone is 1. The van der Waals surface area contributed by atoms with Crippen molar-refractivity contribution in [3.8, 4) is 0 Å². The highest BCUT2D eigenvalue weighted by molar-refractivity contribution is 5.83. The van der Waals surface area contributed by atoms with Gasteiger partial charge in [-0.1, -0.05) is 19.9 Å². The van der Waals surface area contributed by atoms with Gasteiger partial charge in [0.1, 0.15) is 5.66 Å². The summed E-state index contributed by atoms with van der Waals surface area (Å²) in [6, 6.07) is 0. The monoisotopic (exact) mass is 260 g/mol. The van der Waals surface area contributed by atoms with E-state index in [-0.39, 0.29) is 17.0 Å². The lowest BCUT2D eigenvalue weighted by molar-refractivity contribution is -0.132. The van der Waals surface area contributed by atoms with E-state index in [2.05, 4.69) is 32.3 Å². The van der Waals surface area contributed by atoms with Crippen molar-refractivity contribution in [2.24, 2.45) is 5.41 Å². The zero-order chi connectivity index (χ0) is 13.8. The Kier molecular flexibility index (Phi) is 2.60. The molecule has 0 N–H and O–H groups in total. The second-order valence-electron chi connectivity index (χ2n) is 6.66. The first-order valence-electron chi connectivity index (χ1n) is 7.36. The van der Waals surface area contributed by atoms with Crippen LogP contribution >= 0.6 is 0 Å². The van der Waals surface area contributed by atoms with Crippen molar-refractivity contribution >= 4 is 5.91 Å². The van der Waals surface area contributed by atoms with Gasteiger partial charge >= 0.3 is 0 Å². The number of hydrogen-bond donors (Lipinski definition) is 0. The van der Waals surface area contributed by atoms with E-state index in [1.807, 2.05) is 11.0 Å². The molecule has 3 rings (SSSR count). The molecule has 0 bridgehead atoms. The maximum atomic E-state index is 12.4. The van der Waals surface area contributed by atoms with Crippen molar-refractivity contribution in [1.82, 2.24) is 9.80 Å². The van der Waals surface area contributed by atoms with Crippen LogP contribution in [-0.4, -0.2) is 34.5 Å². The van der Waals surface area contributed by atoms with E-state index in [4.69, 9.17) is 0 Å². The molecule has 1 atom stereocenters. The van der Waals surface area contributed by atoms with Crippen LogP contribution in [0.3, 0.4) is 0 Å². The number of carbonyl (C=O) groups excluding carboxylic acids is 1. The van der Waals surface area contributed by atoms with Crippen LogP contribution in [0.4, 0.5) is 0 Å². The van der Waals surface area contributed by atoms with Gasteiger partial charge in [0.25, 0.3) is 0 Å². The summed E-state index contributed by atoms with van der Waals surface area (Å²) in [5, 5.41) is 0. The molecule has 0 aromatic carbocycles. The average molecular weight is 260 g/mol. The van der Waals surface area contributed by atoms with Crippen molar-refractivity contribution in [3.63, 3.8) is 0 Å². The van der Waals surface area contributed by atoms with Gasteiger partial charge in [0.2, 0.25) is 5.91 Å². The first kappa shape index (κ1) is 12.8. The molecule has 3 nitrogen and oxygen atoms in total. The Morgan fingerprint density at radius 3 is 2.63 bits per heavy atom. The summed E-state index contributed by atoms with van der Waals surface area (Å²) < 4.78 is 0. The number of carbonyl (C=O) groups is 1. The molecule has 1 aliphatic carbocycles. The number of nitrogens with zero attached hydrogens (tertiary/aromatic N) is 2. The van der Waals surface area contributed by atoms with Gasteiger partial charge in [-0.25, -0.2) is 0 Å². The van der Waals surface area contributed by atoms with E-state index in [1.165, 1.54) is 25.0 Å². The quantitative estimate of drug-likeness (QED) is 0.713. The van der Waals surface area contributed by atoms with Crippen LogP contribution in [0.25, 0.3) is 0 Å². The smallest absolute Gasteiger partial charge is 0.244 e. The fourth-order valence-electron chi connectivity index (χ4n) is 4.35. The fraction of sp³-hybridized carbons (Fsp3) is 0.688. The van der Waals surface area contributed by atoms with Crippen LogP contribution in [0, 0.1) is 5.41 Å². The minimum Gasteiger partial charge on any atom is -0.342 e. The lowest BCUT2D eigenvalue weighted by Crippen LogP contribution is -2.57. The summed E-state index contributed by atoms with van der Waals surface area (Å²) in [6.07, 6.45) is 6.74. The summed E-state index contributed by atoms with van der Waals surface area (Å²) >= 11 is 0. The topological polar surface area (TPSA) is 23.6 Å². The fourth-order valence-corrected chi connectivity index (χ4v) is 4.35. The van der Waals surface area contributed by atoms with E-state index in [0.717, 1.165) is 6.42 Å². The molecular formula is C16H24N2O. The third-order valence-corrected chi connectivity index (χ3v) is 5.66. The Morgan fingerprint density at radius 1 is 1.26 bits per heavy atom. The highest BCUT2D eigenvalue weighted by Crippen LogP contribution is 2.58. The van der Waals surface area contributed by atoms with Gasteiger partial charge in [-0.05, 0) is 38.2 Å². The molecule has 1 amide bonds. The van der Waals surface area contributed by atoms with Crippen LogP contribution in [0.5, 0.6) is 0 Å². The summed E-state index contributed by atoms with van der Waals surface area (Å²) in [7, 11) is 0. The Bertz CT molecular complexity index is 477. The molecule has 2 heterocycles. The average Bonchev–Trinajstić information content (AvgIpc) is 2.73. The summed E-state index contributed by atoms with van der Waals surface area (Å²) in [6.45, 7) is 11.9. The third-order valence-electron chi connectivity index (χ3n) is 5.66. The molecular weight excluding hydrogens is 236 g/mol. The van der Waals surface area contributed by atoms with E-state index >= 15 is 0 Å². The predicted molar refractivity (Wildman–Crippen MR) is 76.3 cm³/mol. The minimum atomic E-state index is -0.201. The van der Waals surface area contributed by atoms with Crippen molar-refractivity contribution in [1.29, 1.82) is 0 Å². The van der Waals surface area contributed by atoms with Gasteiger partial charge in [0.15, 0.2) is 0 Å². The number of rotatable bonds is 2. The lowest BCUT2D eigenvalue weighted by atomic mass is 9.72. The second-order valence-corrected chi connectivity index (χ2v) is 6.66. The molecule has 0 spiro atoms. The normalized spacial score (nSPS) is 32.7. The summed E-state index contributed by atoms with van der Waals surface area (Å²) in [4.78, 5) is 16.8. The largest absolute Gasteiger partial charge is 0.342 e. The van der Waals surface area contributed by atoms with Crippen LogP contribution in [0.1, 0.15) is 46.5 Å². The molecule has 3 aliphatic rings. The van der Waals surface area contributed by atoms with Crippen molar-refractivity contribution in [2.75, 3.05) is 13.1 Å². The molecule has 0 aromatic rings. The number of fused-ring (bicyclic) bond motifs is 2. The van der Waals surface area contributed by atoms with Crippen LogP contribution in [0.2, 0.25) is 0 Å². The molecule has 0 saturated carbocycles. The maximum absolute atomic E-state index is 12.4. The third kappa shape index (κ3) is 1.36. The summed E-state index contributed by atoms with van der Waals surface area (Å²) in [5.74, 6) is 0.243. The van der Waals surface area contributed by atoms with E-state index in [1.54, 1.807) is 5.57 Å². The zero-order valence-corrected chi connectivity index (χ0v) is 12.3. The Morgan fingerprint density at radius 2 is 1.95 bits per heavy atom. The van der Waals surface area contributed by atoms with Crippen LogP contribution in [0.15, 0.2) is 23.9 Å². The Hall–Kier alpha value is -1.25. The van der Waals surface area contributed by atoms with Gasteiger partial charge in [0.05, 0.1) is 6.54 Å². The van der Waals surface area contributed by atoms with Gasteiger partial charge in [0, 0.05) is 17.7 Å². The zero-order valence-electron chi connectivity index (χ0n) is 12.3. The first-order chi connectivity index (χ1) is 8.94. The van der Waals surface area contributed by atoms with E-state index in [0.29, 0.717) is 13.1 Å². The molecule has 104 valence electrons. The molecule has 1 unspecified atom stereocenters. The lowest BCUT2D eigenvalue weighted by Gasteiger charge is -2.47. The van der Waals surface area contributed by atoms with Crippen molar-refractivity contribution < 1.29 is 4.79 Å². The van der Waals surface area contributed by atoms with Gasteiger partial charge in [-0.3, -0.25) is 4.79 Å². The van der Waals surface area contributed by atoms with Crippen molar-refractivity contribution in [2.45, 2.75) is 52.1 Å². The highest BCUT2D eigenvalue weighted by Gasteiger charge is 2.62. The van der Waals surface area contributed by atoms with Crippen molar-refractivity contribution in [3.05, 3.63) is 23.9 Å². The predicted octanol–water partition coefficient (Wildman–Crippen LogP) is 2.90.